The third-order valence-corrected chi connectivity index (χ3v) is 6.27. The lowest BCUT2D eigenvalue weighted by Crippen LogP contribution is -2.32. The van der Waals surface area contributed by atoms with Crippen LogP contribution in [0, 0.1) is 13.8 Å². The van der Waals surface area contributed by atoms with Crippen molar-refractivity contribution in [3.05, 3.63) is 28.8 Å². The first-order chi connectivity index (χ1) is 9.96. The summed E-state index contributed by atoms with van der Waals surface area (Å²) in [6.07, 6.45) is 4.19. The molecule has 21 heavy (non-hydrogen) atoms. The molecule has 1 heterocycles. The van der Waals surface area contributed by atoms with Crippen LogP contribution in [-0.4, -0.2) is 32.9 Å². The van der Waals surface area contributed by atoms with Crippen molar-refractivity contribution >= 4 is 10.0 Å². The van der Waals surface area contributed by atoms with E-state index in [9.17, 15) is 8.42 Å². The molecule has 5 heteroatoms. The van der Waals surface area contributed by atoms with E-state index in [0.717, 1.165) is 42.4 Å². The van der Waals surface area contributed by atoms with Crippen LogP contribution in [0.1, 0.15) is 42.4 Å². The fourth-order valence-electron chi connectivity index (χ4n) is 2.89. The van der Waals surface area contributed by atoms with Crippen LogP contribution >= 0.6 is 0 Å². The summed E-state index contributed by atoms with van der Waals surface area (Å²) in [6.45, 7) is 5.87. The van der Waals surface area contributed by atoms with Crippen LogP contribution < -0.4 is 5.32 Å². The van der Waals surface area contributed by atoms with Crippen molar-refractivity contribution in [1.29, 1.82) is 0 Å². The number of aryl methyl sites for hydroxylation is 1. The molecular weight excluding hydrogens is 284 g/mol. The summed E-state index contributed by atoms with van der Waals surface area (Å²) in [6, 6.07) is 3.90. The lowest BCUT2D eigenvalue weighted by Gasteiger charge is -2.22. The molecule has 0 spiro atoms. The standard InChI is InChI=1S/C16H26N2O2S/c1-13-10-15(12-17-3)11-16(14(13)2)21(19,20)18-8-6-4-5-7-9-18/h10-11,17H,4-9,12H2,1-3H3. The minimum Gasteiger partial charge on any atom is -0.316 e. The molecule has 1 aromatic carbocycles. The molecule has 2 rings (SSSR count). The highest BCUT2D eigenvalue weighted by Crippen LogP contribution is 2.26. The Kier molecular flexibility index (Phi) is 5.41. The van der Waals surface area contributed by atoms with E-state index in [0.29, 0.717) is 24.5 Å². The van der Waals surface area contributed by atoms with Gasteiger partial charge in [0, 0.05) is 19.6 Å². The average molecular weight is 310 g/mol. The summed E-state index contributed by atoms with van der Waals surface area (Å²) >= 11 is 0. The Balaban J connectivity index is 2.42. The van der Waals surface area contributed by atoms with Crippen molar-refractivity contribution < 1.29 is 8.42 Å². The number of sulfonamides is 1. The van der Waals surface area contributed by atoms with Crippen LogP contribution in [0.25, 0.3) is 0 Å². The van der Waals surface area contributed by atoms with Gasteiger partial charge in [0.2, 0.25) is 10.0 Å². The molecule has 4 nitrogen and oxygen atoms in total. The molecule has 1 aromatic rings. The van der Waals surface area contributed by atoms with E-state index < -0.39 is 10.0 Å². The molecule has 0 unspecified atom stereocenters. The summed E-state index contributed by atoms with van der Waals surface area (Å²) in [4.78, 5) is 0.481. The van der Waals surface area contributed by atoms with Gasteiger partial charge in [-0.15, -0.1) is 0 Å². The Morgan fingerprint density at radius 3 is 2.29 bits per heavy atom. The molecular formula is C16H26N2O2S. The number of nitrogens with one attached hydrogen (secondary N) is 1. The number of benzene rings is 1. The Labute approximate surface area is 128 Å². The third kappa shape index (κ3) is 3.65. The lowest BCUT2D eigenvalue weighted by atomic mass is 10.1. The van der Waals surface area contributed by atoms with E-state index in [1.807, 2.05) is 27.0 Å². The molecule has 1 aliphatic rings. The van der Waals surface area contributed by atoms with Crippen LogP contribution in [0.4, 0.5) is 0 Å². The SMILES string of the molecule is CNCc1cc(C)c(C)c(S(=O)(=O)N2CCCCCC2)c1. The highest BCUT2D eigenvalue weighted by molar-refractivity contribution is 7.89. The van der Waals surface area contributed by atoms with Crippen LogP contribution in [0.5, 0.6) is 0 Å². The molecule has 1 fully saturated rings. The zero-order valence-corrected chi connectivity index (χ0v) is 14.1. The van der Waals surface area contributed by atoms with E-state index >= 15 is 0 Å². The molecule has 0 aromatic heterocycles. The predicted molar refractivity (Wildman–Crippen MR) is 85.9 cm³/mol. The van der Waals surface area contributed by atoms with Gasteiger partial charge in [-0.3, -0.25) is 0 Å². The molecule has 1 aliphatic heterocycles. The summed E-state index contributed by atoms with van der Waals surface area (Å²) in [5.41, 5.74) is 2.93. The second-order valence-electron chi connectivity index (χ2n) is 5.88. The van der Waals surface area contributed by atoms with Crippen LogP contribution in [0.2, 0.25) is 0 Å². The van der Waals surface area contributed by atoms with E-state index in [-0.39, 0.29) is 0 Å². The minimum absolute atomic E-state index is 0.481. The van der Waals surface area contributed by atoms with Crippen molar-refractivity contribution in [3.63, 3.8) is 0 Å². The zero-order valence-electron chi connectivity index (χ0n) is 13.3. The van der Waals surface area contributed by atoms with Crippen molar-refractivity contribution in [2.45, 2.75) is 51.0 Å². The van der Waals surface area contributed by atoms with Crippen molar-refractivity contribution in [2.75, 3.05) is 20.1 Å². The smallest absolute Gasteiger partial charge is 0.243 e. The zero-order chi connectivity index (χ0) is 15.5. The first-order valence-electron chi connectivity index (χ1n) is 7.71. The maximum absolute atomic E-state index is 13.0. The van der Waals surface area contributed by atoms with Gasteiger partial charge in [-0.2, -0.15) is 4.31 Å². The van der Waals surface area contributed by atoms with Gasteiger partial charge >= 0.3 is 0 Å². The van der Waals surface area contributed by atoms with Crippen molar-refractivity contribution in [1.82, 2.24) is 9.62 Å². The Morgan fingerprint density at radius 1 is 1.10 bits per heavy atom. The maximum atomic E-state index is 13.0. The summed E-state index contributed by atoms with van der Waals surface area (Å²) in [5, 5.41) is 3.09. The lowest BCUT2D eigenvalue weighted by molar-refractivity contribution is 0.423. The molecule has 0 radical (unpaired) electrons. The van der Waals surface area contributed by atoms with Gasteiger partial charge in [-0.25, -0.2) is 8.42 Å². The van der Waals surface area contributed by atoms with E-state index in [4.69, 9.17) is 0 Å². The molecule has 118 valence electrons. The van der Waals surface area contributed by atoms with E-state index in [1.54, 1.807) is 4.31 Å². The second kappa shape index (κ2) is 6.90. The summed E-state index contributed by atoms with van der Waals surface area (Å²) < 4.78 is 27.6. The highest BCUT2D eigenvalue weighted by atomic mass is 32.2. The largest absolute Gasteiger partial charge is 0.316 e. The maximum Gasteiger partial charge on any atom is 0.243 e. The van der Waals surface area contributed by atoms with Crippen LogP contribution in [0.3, 0.4) is 0 Å². The summed E-state index contributed by atoms with van der Waals surface area (Å²) in [7, 11) is -1.50. The number of nitrogens with zero attached hydrogens (tertiary/aromatic N) is 1. The van der Waals surface area contributed by atoms with Gasteiger partial charge in [-0.1, -0.05) is 18.9 Å². The van der Waals surface area contributed by atoms with E-state index in [1.165, 1.54) is 0 Å². The summed E-state index contributed by atoms with van der Waals surface area (Å²) in [5.74, 6) is 0. The van der Waals surface area contributed by atoms with Gasteiger partial charge in [-0.05, 0) is 56.5 Å². The highest BCUT2D eigenvalue weighted by Gasteiger charge is 2.27. The number of hydrogen-bond acceptors (Lipinski definition) is 3. The van der Waals surface area contributed by atoms with Gasteiger partial charge in [0.15, 0.2) is 0 Å². The molecule has 0 atom stereocenters. The number of rotatable bonds is 4. The quantitative estimate of drug-likeness (QED) is 0.930. The molecule has 1 saturated heterocycles. The minimum atomic E-state index is -3.37. The first-order valence-corrected chi connectivity index (χ1v) is 9.15. The number of hydrogen-bond donors (Lipinski definition) is 1. The normalized spacial score (nSPS) is 17.7. The average Bonchev–Trinajstić information content (AvgIpc) is 2.72. The topological polar surface area (TPSA) is 49.4 Å². The third-order valence-electron chi connectivity index (χ3n) is 4.24. The fraction of sp³-hybridized carbons (Fsp3) is 0.625. The van der Waals surface area contributed by atoms with Crippen LogP contribution in [-0.2, 0) is 16.6 Å². The van der Waals surface area contributed by atoms with Crippen molar-refractivity contribution in [2.24, 2.45) is 0 Å². The van der Waals surface area contributed by atoms with Gasteiger partial charge in [0.05, 0.1) is 4.90 Å². The Morgan fingerprint density at radius 2 is 1.71 bits per heavy atom. The van der Waals surface area contributed by atoms with Gasteiger partial charge in [0.25, 0.3) is 0 Å². The van der Waals surface area contributed by atoms with Crippen molar-refractivity contribution in [3.8, 4) is 0 Å². The van der Waals surface area contributed by atoms with E-state index in [2.05, 4.69) is 11.4 Å². The molecule has 0 amide bonds. The first kappa shape index (κ1) is 16.5. The fourth-order valence-corrected chi connectivity index (χ4v) is 4.76. The van der Waals surface area contributed by atoms with Crippen LogP contribution in [0.15, 0.2) is 17.0 Å². The molecule has 0 saturated carbocycles. The van der Waals surface area contributed by atoms with Gasteiger partial charge in [0.1, 0.15) is 0 Å². The predicted octanol–water partition coefficient (Wildman–Crippen LogP) is 2.59. The second-order valence-corrected chi connectivity index (χ2v) is 7.79. The van der Waals surface area contributed by atoms with Gasteiger partial charge < -0.3 is 5.32 Å². The Bertz CT molecular complexity index is 589. The molecule has 1 N–H and O–H groups in total. The molecule has 0 aliphatic carbocycles. The Hall–Kier alpha value is -0.910. The monoisotopic (exact) mass is 310 g/mol. The molecule has 0 bridgehead atoms.